The van der Waals surface area contributed by atoms with E-state index in [4.69, 9.17) is 0 Å². The molecule has 1 aromatic carbocycles. The number of aromatic nitrogens is 2. The molecule has 0 unspecified atom stereocenters. The molecule has 1 heterocycles. The van der Waals surface area contributed by atoms with Crippen molar-refractivity contribution in [2.24, 2.45) is 4.99 Å². The van der Waals surface area contributed by atoms with E-state index < -0.39 is 0 Å². The molecule has 1 N–H and O–H groups in total. The van der Waals surface area contributed by atoms with Crippen LogP contribution < -0.4 is 0 Å². The maximum Gasteiger partial charge on any atom is 0.0927 e. The molecule has 0 aliphatic heterocycles. The topological polar surface area (TPSA) is 41.0 Å². The van der Waals surface area contributed by atoms with Gasteiger partial charge in [-0.05, 0) is 12.5 Å². The van der Waals surface area contributed by atoms with Gasteiger partial charge in [0.15, 0.2) is 0 Å². The minimum absolute atomic E-state index is 0.919. The molecule has 0 spiro atoms. The Morgan fingerprint density at radius 2 is 1.71 bits per heavy atom. The zero-order valence-electron chi connectivity index (χ0n) is 13.1. The third kappa shape index (κ3) is 5.33. The van der Waals surface area contributed by atoms with Gasteiger partial charge in [-0.3, -0.25) is 10.1 Å². The normalized spacial score (nSPS) is 11.7. The molecule has 0 bridgehead atoms. The monoisotopic (exact) mass is 285 g/mol. The lowest BCUT2D eigenvalue weighted by Gasteiger charge is -1.99. The molecule has 0 fully saturated rings. The standard InChI is InChI=1S/C18H27N3/c1-2-3-4-5-6-7-8-11-14-19-15-18-16-12-9-10-13-17(16)20-21-18/h9-10,12-13,15H,2-8,11,14H2,1H3,(H,20,21). The number of aromatic amines is 1. The lowest BCUT2D eigenvalue weighted by atomic mass is 10.1. The highest BCUT2D eigenvalue weighted by atomic mass is 15.1. The summed E-state index contributed by atoms with van der Waals surface area (Å²) in [6.45, 7) is 3.18. The first-order valence-electron chi connectivity index (χ1n) is 8.34. The highest BCUT2D eigenvalue weighted by Crippen LogP contribution is 2.13. The van der Waals surface area contributed by atoms with E-state index in [2.05, 4.69) is 28.2 Å². The Kier molecular flexibility index (Phi) is 6.99. The summed E-state index contributed by atoms with van der Waals surface area (Å²) in [4.78, 5) is 4.51. The summed E-state index contributed by atoms with van der Waals surface area (Å²) < 4.78 is 0. The average molecular weight is 285 g/mol. The molecule has 114 valence electrons. The highest BCUT2D eigenvalue weighted by Gasteiger charge is 2.00. The third-order valence-corrected chi connectivity index (χ3v) is 3.85. The number of fused-ring (bicyclic) bond motifs is 1. The summed E-state index contributed by atoms with van der Waals surface area (Å²) in [6, 6.07) is 8.14. The fraction of sp³-hybridized carbons (Fsp3) is 0.556. The molecular formula is C18H27N3. The summed E-state index contributed by atoms with van der Waals surface area (Å²) in [5.74, 6) is 0. The van der Waals surface area contributed by atoms with E-state index in [1.807, 2.05) is 24.4 Å². The predicted molar refractivity (Wildman–Crippen MR) is 91.2 cm³/mol. The molecule has 21 heavy (non-hydrogen) atoms. The molecule has 3 heteroatoms. The number of para-hydroxylation sites is 1. The first-order chi connectivity index (χ1) is 10.4. The van der Waals surface area contributed by atoms with Gasteiger partial charge in [0.1, 0.15) is 0 Å². The van der Waals surface area contributed by atoms with Crippen LogP contribution >= 0.6 is 0 Å². The molecule has 0 aliphatic rings. The van der Waals surface area contributed by atoms with Crippen LogP contribution in [0.5, 0.6) is 0 Å². The van der Waals surface area contributed by atoms with Crippen molar-refractivity contribution < 1.29 is 0 Å². The van der Waals surface area contributed by atoms with E-state index in [0.717, 1.165) is 23.1 Å². The lowest BCUT2D eigenvalue weighted by molar-refractivity contribution is 0.578. The number of hydrogen-bond donors (Lipinski definition) is 1. The SMILES string of the molecule is CCCCCCCCCCN=Cc1[nH]nc2ccccc12. The van der Waals surface area contributed by atoms with E-state index >= 15 is 0 Å². The summed E-state index contributed by atoms with van der Waals surface area (Å²) in [6.07, 6.45) is 12.7. The van der Waals surface area contributed by atoms with E-state index in [0.29, 0.717) is 0 Å². The maximum absolute atomic E-state index is 4.51. The maximum atomic E-state index is 4.51. The van der Waals surface area contributed by atoms with Gasteiger partial charge in [0.05, 0.1) is 11.2 Å². The van der Waals surface area contributed by atoms with Crippen LogP contribution in [0.4, 0.5) is 0 Å². The van der Waals surface area contributed by atoms with Crippen molar-refractivity contribution in [2.75, 3.05) is 6.54 Å². The number of aliphatic imine (C=N–C) groups is 1. The van der Waals surface area contributed by atoms with Crippen molar-refractivity contribution in [1.82, 2.24) is 10.2 Å². The van der Waals surface area contributed by atoms with Crippen molar-refractivity contribution in [1.29, 1.82) is 0 Å². The number of hydrogen-bond acceptors (Lipinski definition) is 2. The van der Waals surface area contributed by atoms with Gasteiger partial charge in [0.2, 0.25) is 0 Å². The van der Waals surface area contributed by atoms with Crippen LogP contribution in [0.1, 0.15) is 64.0 Å². The minimum atomic E-state index is 0.919. The second kappa shape index (κ2) is 9.32. The Bertz CT molecular complexity index is 542. The van der Waals surface area contributed by atoms with Crippen LogP contribution in [0, 0.1) is 0 Å². The number of rotatable bonds is 10. The number of benzene rings is 1. The predicted octanol–water partition coefficient (Wildman–Crippen LogP) is 5.12. The lowest BCUT2D eigenvalue weighted by Crippen LogP contribution is -1.87. The van der Waals surface area contributed by atoms with Gasteiger partial charge in [-0.1, -0.05) is 70.1 Å². The first kappa shape index (κ1) is 15.7. The Morgan fingerprint density at radius 3 is 2.52 bits per heavy atom. The average Bonchev–Trinajstić information content (AvgIpc) is 2.92. The Morgan fingerprint density at radius 1 is 1.00 bits per heavy atom. The fourth-order valence-electron chi connectivity index (χ4n) is 2.57. The first-order valence-corrected chi connectivity index (χ1v) is 8.34. The van der Waals surface area contributed by atoms with E-state index in [1.54, 1.807) is 0 Å². The van der Waals surface area contributed by atoms with Crippen LogP contribution in [-0.2, 0) is 0 Å². The van der Waals surface area contributed by atoms with Crippen LogP contribution in [0.2, 0.25) is 0 Å². The van der Waals surface area contributed by atoms with Gasteiger partial charge < -0.3 is 0 Å². The van der Waals surface area contributed by atoms with E-state index in [-0.39, 0.29) is 0 Å². The fourth-order valence-corrected chi connectivity index (χ4v) is 2.57. The molecule has 1 aromatic heterocycles. The van der Waals surface area contributed by atoms with Gasteiger partial charge in [0.25, 0.3) is 0 Å². The molecule has 0 saturated heterocycles. The molecular weight excluding hydrogens is 258 g/mol. The van der Waals surface area contributed by atoms with Crippen molar-refractivity contribution in [3.8, 4) is 0 Å². The molecule has 0 atom stereocenters. The quantitative estimate of drug-likeness (QED) is 0.477. The zero-order chi connectivity index (χ0) is 14.8. The van der Waals surface area contributed by atoms with Gasteiger partial charge in [0, 0.05) is 18.1 Å². The van der Waals surface area contributed by atoms with Gasteiger partial charge in [-0.25, -0.2) is 0 Å². The molecule has 0 aliphatic carbocycles. The van der Waals surface area contributed by atoms with Crippen LogP contribution in [0.25, 0.3) is 10.9 Å². The summed E-state index contributed by atoms with van der Waals surface area (Å²) in [5, 5.41) is 8.46. The van der Waals surface area contributed by atoms with Crippen LogP contribution in [0.15, 0.2) is 29.3 Å². The van der Waals surface area contributed by atoms with Gasteiger partial charge in [-0.2, -0.15) is 5.10 Å². The van der Waals surface area contributed by atoms with Crippen molar-refractivity contribution >= 4 is 17.1 Å². The van der Waals surface area contributed by atoms with E-state index in [9.17, 15) is 0 Å². The Labute approximate surface area is 127 Å². The Hall–Kier alpha value is -1.64. The number of H-pyrrole nitrogens is 1. The molecule has 0 saturated carbocycles. The number of unbranched alkanes of at least 4 members (excludes halogenated alkanes) is 7. The second-order valence-electron chi connectivity index (χ2n) is 5.66. The molecule has 0 radical (unpaired) electrons. The summed E-state index contributed by atoms with van der Waals surface area (Å²) >= 11 is 0. The third-order valence-electron chi connectivity index (χ3n) is 3.85. The smallest absolute Gasteiger partial charge is 0.0927 e. The molecule has 2 rings (SSSR count). The second-order valence-corrected chi connectivity index (χ2v) is 5.66. The Balaban J connectivity index is 1.60. The zero-order valence-corrected chi connectivity index (χ0v) is 13.1. The van der Waals surface area contributed by atoms with E-state index in [1.165, 1.54) is 51.4 Å². The molecule has 0 amide bonds. The summed E-state index contributed by atoms with van der Waals surface area (Å²) in [7, 11) is 0. The summed E-state index contributed by atoms with van der Waals surface area (Å²) in [5.41, 5.74) is 2.02. The molecule has 2 aromatic rings. The minimum Gasteiger partial charge on any atom is -0.291 e. The van der Waals surface area contributed by atoms with Crippen molar-refractivity contribution in [3.05, 3.63) is 30.0 Å². The number of nitrogens with one attached hydrogen (secondary N) is 1. The van der Waals surface area contributed by atoms with Crippen molar-refractivity contribution in [2.45, 2.75) is 58.3 Å². The van der Waals surface area contributed by atoms with Crippen LogP contribution in [-0.4, -0.2) is 23.0 Å². The van der Waals surface area contributed by atoms with Crippen LogP contribution in [0.3, 0.4) is 0 Å². The van der Waals surface area contributed by atoms with Crippen molar-refractivity contribution in [3.63, 3.8) is 0 Å². The molecule has 3 nitrogen and oxygen atoms in total. The number of nitrogens with zero attached hydrogens (tertiary/aromatic N) is 2. The van der Waals surface area contributed by atoms with Gasteiger partial charge >= 0.3 is 0 Å². The van der Waals surface area contributed by atoms with Gasteiger partial charge in [-0.15, -0.1) is 0 Å². The highest BCUT2D eigenvalue weighted by molar-refractivity contribution is 5.96. The largest absolute Gasteiger partial charge is 0.291 e.